The maximum Gasteiger partial charge on any atom is 0.141 e. The summed E-state index contributed by atoms with van der Waals surface area (Å²) in [5.41, 5.74) is 1.12. The zero-order chi connectivity index (χ0) is 16.9. The average Bonchev–Trinajstić information content (AvgIpc) is 2.63. The van der Waals surface area contributed by atoms with E-state index in [1.807, 2.05) is 18.2 Å². The van der Waals surface area contributed by atoms with Gasteiger partial charge in [-0.1, -0.05) is 0 Å². The molecular formula is C18H22FN3O2. The number of rotatable bonds is 5. The van der Waals surface area contributed by atoms with E-state index in [0.717, 1.165) is 55.6 Å². The van der Waals surface area contributed by atoms with Crippen molar-refractivity contribution in [2.45, 2.75) is 6.54 Å². The third-order valence-corrected chi connectivity index (χ3v) is 4.29. The van der Waals surface area contributed by atoms with Gasteiger partial charge in [-0.2, -0.15) is 0 Å². The summed E-state index contributed by atoms with van der Waals surface area (Å²) in [6.45, 7) is 4.37. The van der Waals surface area contributed by atoms with Crippen molar-refractivity contribution in [2.75, 3.05) is 45.3 Å². The Morgan fingerprint density at radius 1 is 1.04 bits per heavy atom. The molecule has 0 atom stereocenters. The van der Waals surface area contributed by atoms with Crippen LogP contribution in [0.15, 0.2) is 36.5 Å². The van der Waals surface area contributed by atoms with Crippen molar-refractivity contribution in [1.29, 1.82) is 0 Å². The quantitative estimate of drug-likeness (QED) is 0.842. The SMILES string of the molecule is COc1ccc(OC)c(CN2CCN(c3ccc(F)cn3)CC2)c1. The Labute approximate surface area is 141 Å². The first kappa shape index (κ1) is 16.5. The molecule has 1 aliphatic rings. The van der Waals surface area contributed by atoms with Gasteiger partial charge in [-0.05, 0) is 30.3 Å². The lowest BCUT2D eigenvalue weighted by Crippen LogP contribution is -2.46. The number of halogens is 1. The van der Waals surface area contributed by atoms with E-state index in [2.05, 4.69) is 14.8 Å². The Morgan fingerprint density at radius 3 is 2.46 bits per heavy atom. The first-order valence-corrected chi connectivity index (χ1v) is 7.99. The number of anilines is 1. The van der Waals surface area contributed by atoms with Gasteiger partial charge >= 0.3 is 0 Å². The van der Waals surface area contributed by atoms with Crippen molar-refractivity contribution in [3.05, 3.63) is 47.9 Å². The second kappa shape index (κ2) is 7.49. The number of methoxy groups -OCH3 is 2. The molecule has 128 valence electrons. The van der Waals surface area contributed by atoms with E-state index in [9.17, 15) is 4.39 Å². The highest BCUT2D eigenvalue weighted by Gasteiger charge is 2.19. The number of ether oxygens (including phenoxy) is 2. The van der Waals surface area contributed by atoms with Crippen molar-refractivity contribution in [3.63, 3.8) is 0 Å². The lowest BCUT2D eigenvalue weighted by molar-refractivity contribution is 0.245. The predicted molar refractivity (Wildman–Crippen MR) is 91.2 cm³/mol. The van der Waals surface area contributed by atoms with Gasteiger partial charge in [0, 0.05) is 38.3 Å². The van der Waals surface area contributed by atoms with Crippen molar-refractivity contribution in [3.8, 4) is 11.5 Å². The molecule has 1 saturated heterocycles. The fraction of sp³-hybridized carbons (Fsp3) is 0.389. The molecule has 0 amide bonds. The monoisotopic (exact) mass is 331 g/mol. The molecule has 1 aliphatic heterocycles. The van der Waals surface area contributed by atoms with Gasteiger partial charge in [-0.25, -0.2) is 9.37 Å². The van der Waals surface area contributed by atoms with Crippen LogP contribution >= 0.6 is 0 Å². The molecule has 2 aromatic rings. The molecule has 0 saturated carbocycles. The molecular weight excluding hydrogens is 309 g/mol. The molecule has 24 heavy (non-hydrogen) atoms. The van der Waals surface area contributed by atoms with Crippen LogP contribution in [0.3, 0.4) is 0 Å². The van der Waals surface area contributed by atoms with Crippen molar-refractivity contribution in [2.24, 2.45) is 0 Å². The Kier molecular flexibility index (Phi) is 5.15. The molecule has 0 N–H and O–H groups in total. The van der Waals surface area contributed by atoms with Gasteiger partial charge in [0.05, 0.1) is 20.4 Å². The van der Waals surface area contributed by atoms with Gasteiger partial charge in [0.25, 0.3) is 0 Å². The molecule has 3 rings (SSSR count). The van der Waals surface area contributed by atoms with Crippen molar-refractivity contribution >= 4 is 5.82 Å². The molecule has 5 nitrogen and oxygen atoms in total. The van der Waals surface area contributed by atoms with Crippen LogP contribution in [-0.2, 0) is 6.54 Å². The van der Waals surface area contributed by atoms with Crippen LogP contribution in [0.1, 0.15) is 5.56 Å². The minimum absolute atomic E-state index is 0.303. The highest BCUT2D eigenvalue weighted by Crippen LogP contribution is 2.26. The molecule has 0 spiro atoms. The number of benzene rings is 1. The molecule has 0 radical (unpaired) electrons. The van der Waals surface area contributed by atoms with E-state index in [1.54, 1.807) is 20.3 Å². The Morgan fingerprint density at radius 2 is 1.83 bits per heavy atom. The van der Waals surface area contributed by atoms with E-state index in [1.165, 1.54) is 12.3 Å². The van der Waals surface area contributed by atoms with Crippen LogP contribution in [-0.4, -0.2) is 50.3 Å². The van der Waals surface area contributed by atoms with Crippen LogP contribution in [0.4, 0.5) is 10.2 Å². The van der Waals surface area contributed by atoms with Crippen LogP contribution in [0.5, 0.6) is 11.5 Å². The number of hydrogen-bond acceptors (Lipinski definition) is 5. The minimum Gasteiger partial charge on any atom is -0.497 e. The highest BCUT2D eigenvalue weighted by atomic mass is 19.1. The summed E-state index contributed by atoms with van der Waals surface area (Å²) >= 11 is 0. The molecule has 0 bridgehead atoms. The summed E-state index contributed by atoms with van der Waals surface area (Å²) in [6.07, 6.45) is 1.27. The summed E-state index contributed by atoms with van der Waals surface area (Å²) in [4.78, 5) is 8.71. The van der Waals surface area contributed by atoms with E-state index in [4.69, 9.17) is 9.47 Å². The zero-order valence-electron chi connectivity index (χ0n) is 14.0. The zero-order valence-corrected chi connectivity index (χ0v) is 14.0. The number of aromatic nitrogens is 1. The lowest BCUT2D eigenvalue weighted by atomic mass is 10.1. The summed E-state index contributed by atoms with van der Waals surface area (Å²) in [5.74, 6) is 2.23. The van der Waals surface area contributed by atoms with Gasteiger partial charge < -0.3 is 14.4 Å². The van der Waals surface area contributed by atoms with E-state index >= 15 is 0 Å². The molecule has 1 aromatic carbocycles. The van der Waals surface area contributed by atoms with Crippen molar-refractivity contribution < 1.29 is 13.9 Å². The Hall–Kier alpha value is -2.34. The topological polar surface area (TPSA) is 37.8 Å². The highest BCUT2D eigenvalue weighted by molar-refractivity contribution is 5.41. The van der Waals surface area contributed by atoms with E-state index < -0.39 is 0 Å². The van der Waals surface area contributed by atoms with E-state index in [-0.39, 0.29) is 5.82 Å². The molecule has 2 heterocycles. The molecule has 1 aromatic heterocycles. The molecule has 0 aliphatic carbocycles. The fourth-order valence-electron chi connectivity index (χ4n) is 2.94. The summed E-state index contributed by atoms with van der Waals surface area (Å²) in [7, 11) is 3.35. The number of pyridine rings is 1. The normalized spacial score (nSPS) is 15.4. The number of nitrogens with zero attached hydrogens (tertiary/aromatic N) is 3. The molecule has 6 heteroatoms. The molecule has 1 fully saturated rings. The van der Waals surface area contributed by atoms with Crippen LogP contribution in [0.2, 0.25) is 0 Å². The van der Waals surface area contributed by atoms with Crippen LogP contribution < -0.4 is 14.4 Å². The maximum absolute atomic E-state index is 13.0. The third kappa shape index (κ3) is 3.76. The predicted octanol–water partition coefficient (Wildman–Crippen LogP) is 2.56. The second-order valence-electron chi connectivity index (χ2n) is 5.78. The van der Waals surface area contributed by atoms with Gasteiger partial charge in [0.1, 0.15) is 23.1 Å². The smallest absolute Gasteiger partial charge is 0.141 e. The average molecular weight is 331 g/mol. The third-order valence-electron chi connectivity index (χ3n) is 4.29. The second-order valence-corrected chi connectivity index (χ2v) is 5.78. The summed E-state index contributed by atoms with van der Waals surface area (Å²) < 4.78 is 23.7. The lowest BCUT2D eigenvalue weighted by Gasteiger charge is -2.35. The number of hydrogen-bond donors (Lipinski definition) is 0. The largest absolute Gasteiger partial charge is 0.497 e. The fourth-order valence-corrected chi connectivity index (χ4v) is 2.94. The van der Waals surface area contributed by atoms with E-state index in [0.29, 0.717) is 0 Å². The summed E-state index contributed by atoms with van der Waals surface area (Å²) in [5, 5.41) is 0. The van der Waals surface area contributed by atoms with Gasteiger partial charge in [-0.15, -0.1) is 0 Å². The summed E-state index contributed by atoms with van der Waals surface area (Å²) in [6, 6.07) is 9.05. The van der Waals surface area contributed by atoms with Gasteiger partial charge in [0.15, 0.2) is 0 Å². The minimum atomic E-state index is -0.303. The van der Waals surface area contributed by atoms with Crippen molar-refractivity contribution in [1.82, 2.24) is 9.88 Å². The Balaban J connectivity index is 1.62. The molecule has 0 unspecified atom stereocenters. The van der Waals surface area contributed by atoms with Gasteiger partial charge in [0.2, 0.25) is 0 Å². The van der Waals surface area contributed by atoms with Crippen LogP contribution in [0.25, 0.3) is 0 Å². The van der Waals surface area contributed by atoms with Gasteiger partial charge in [-0.3, -0.25) is 4.90 Å². The standard InChI is InChI=1S/C18H22FN3O2/c1-23-16-4-5-17(24-2)14(11-16)13-21-7-9-22(10-8-21)18-6-3-15(19)12-20-18/h3-6,11-12H,7-10,13H2,1-2H3. The first-order valence-electron chi connectivity index (χ1n) is 7.99. The Bertz CT molecular complexity index is 670. The maximum atomic E-state index is 13.0. The first-order chi connectivity index (χ1) is 11.7. The van der Waals surface area contributed by atoms with Crippen LogP contribution in [0, 0.1) is 5.82 Å². The number of piperazine rings is 1.